The molecule has 64 valence electrons. The summed E-state index contributed by atoms with van der Waals surface area (Å²) in [5, 5.41) is 0. The zero-order chi connectivity index (χ0) is 8.69. The number of rotatable bonds is 5. The highest BCUT2D eigenvalue weighted by molar-refractivity contribution is 4.97. The molecule has 0 aliphatic rings. The van der Waals surface area contributed by atoms with Crippen molar-refractivity contribution in [2.75, 3.05) is 0 Å². The summed E-state index contributed by atoms with van der Waals surface area (Å²) in [5.74, 6) is 0.662. The van der Waals surface area contributed by atoms with E-state index in [9.17, 15) is 0 Å². The first kappa shape index (κ1) is 10.5. The van der Waals surface area contributed by atoms with Crippen LogP contribution in [-0.2, 0) is 0 Å². The molecule has 0 fully saturated rings. The Hall–Kier alpha value is -0.520. The van der Waals surface area contributed by atoms with Crippen LogP contribution in [0.15, 0.2) is 24.3 Å². The Morgan fingerprint density at radius 3 is 2.64 bits per heavy atom. The van der Waals surface area contributed by atoms with E-state index in [0.29, 0.717) is 5.92 Å². The maximum Gasteiger partial charge on any atom is -0.0262 e. The van der Waals surface area contributed by atoms with Crippen LogP contribution in [0.25, 0.3) is 0 Å². The monoisotopic (exact) mass is 152 g/mol. The fourth-order valence-corrected chi connectivity index (χ4v) is 1.02. The van der Waals surface area contributed by atoms with Gasteiger partial charge in [0.05, 0.1) is 0 Å². The molecule has 0 saturated carbocycles. The van der Waals surface area contributed by atoms with Crippen LogP contribution in [0.1, 0.15) is 40.0 Å². The zero-order valence-corrected chi connectivity index (χ0v) is 8.06. The molecule has 0 saturated heterocycles. The second-order valence-electron chi connectivity index (χ2n) is 3.21. The lowest BCUT2D eigenvalue weighted by Gasteiger charge is -2.04. The van der Waals surface area contributed by atoms with Crippen LogP contribution >= 0.6 is 0 Å². The topological polar surface area (TPSA) is 0 Å². The summed E-state index contributed by atoms with van der Waals surface area (Å²) in [6.07, 6.45) is 7.95. The van der Waals surface area contributed by atoms with Gasteiger partial charge in [-0.25, -0.2) is 0 Å². The highest BCUT2D eigenvalue weighted by Crippen LogP contribution is 2.12. The summed E-state index contributed by atoms with van der Waals surface area (Å²) in [6, 6.07) is 0. The standard InChI is InChI=1S/C11H20/c1-5-7-11(4)9-8-10(3)6-2/h6-7,10H,2,5,8-9H2,1,3-4H3/b11-7+. The molecule has 0 N–H and O–H groups in total. The first-order valence-electron chi connectivity index (χ1n) is 4.48. The van der Waals surface area contributed by atoms with Crippen LogP contribution in [0.5, 0.6) is 0 Å². The van der Waals surface area contributed by atoms with Crippen LogP contribution in [0.4, 0.5) is 0 Å². The summed E-state index contributed by atoms with van der Waals surface area (Å²) in [6.45, 7) is 10.4. The third-order valence-electron chi connectivity index (χ3n) is 1.95. The highest BCUT2D eigenvalue weighted by Gasteiger charge is 1.95. The van der Waals surface area contributed by atoms with Gasteiger partial charge in [0, 0.05) is 0 Å². The molecular formula is C11H20. The number of hydrogen-bond acceptors (Lipinski definition) is 0. The Bertz CT molecular complexity index is 131. The molecule has 0 aromatic carbocycles. The van der Waals surface area contributed by atoms with Crippen molar-refractivity contribution in [3.63, 3.8) is 0 Å². The van der Waals surface area contributed by atoms with Gasteiger partial charge in [-0.3, -0.25) is 0 Å². The molecule has 1 unspecified atom stereocenters. The lowest BCUT2D eigenvalue weighted by Crippen LogP contribution is -1.89. The van der Waals surface area contributed by atoms with Crippen molar-refractivity contribution in [3.8, 4) is 0 Å². The number of allylic oxidation sites excluding steroid dienone is 3. The molecule has 0 aliphatic heterocycles. The lowest BCUT2D eigenvalue weighted by molar-refractivity contribution is 0.645. The molecule has 0 amide bonds. The van der Waals surface area contributed by atoms with Gasteiger partial charge in [-0.15, -0.1) is 6.58 Å². The molecule has 0 heterocycles. The van der Waals surface area contributed by atoms with E-state index in [-0.39, 0.29) is 0 Å². The van der Waals surface area contributed by atoms with Gasteiger partial charge in [-0.05, 0) is 32.1 Å². The van der Waals surface area contributed by atoms with E-state index in [1.807, 2.05) is 6.08 Å². The van der Waals surface area contributed by atoms with Gasteiger partial charge in [-0.1, -0.05) is 31.6 Å². The summed E-state index contributed by atoms with van der Waals surface area (Å²) < 4.78 is 0. The molecule has 11 heavy (non-hydrogen) atoms. The van der Waals surface area contributed by atoms with E-state index in [2.05, 4.69) is 33.4 Å². The molecule has 0 heteroatoms. The average molecular weight is 152 g/mol. The molecule has 0 spiro atoms. The van der Waals surface area contributed by atoms with Crippen LogP contribution in [-0.4, -0.2) is 0 Å². The molecule has 0 aromatic heterocycles. The smallest absolute Gasteiger partial charge is 0.0262 e. The minimum Gasteiger partial charge on any atom is -0.103 e. The van der Waals surface area contributed by atoms with E-state index in [0.717, 1.165) is 6.42 Å². The molecular weight excluding hydrogens is 132 g/mol. The molecule has 0 rings (SSSR count). The van der Waals surface area contributed by atoms with Gasteiger partial charge >= 0.3 is 0 Å². The Balaban J connectivity index is 3.52. The fourth-order valence-electron chi connectivity index (χ4n) is 1.02. The van der Waals surface area contributed by atoms with Crippen molar-refractivity contribution in [2.45, 2.75) is 40.0 Å². The largest absolute Gasteiger partial charge is 0.103 e. The van der Waals surface area contributed by atoms with Crippen molar-refractivity contribution >= 4 is 0 Å². The molecule has 0 nitrogen and oxygen atoms in total. The van der Waals surface area contributed by atoms with Crippen molar-refractivity contribution in [2.24, 2.45) is 5.92 Å². The van der Waals surface area contributed by atoms with Crippen LogP contribution < -0.4 is 0 Å². The van der Waals surface area contributed by atoms with Crippen molar-refractivity contribution in [1.29, 1.82) is 0 Å². The van der Waals surface area contributed by atoms with Gasteiger partial charge in [-0.2, -0.15) is 0 Å². The van der Waals surface area contributed by atoms with Crippen LogP contribution in [0.3, 0.4) is 0 Å². The Labute approximate surface area is 71.0 Å². The second kappa shape index (κ2) is 6.21. The van der Waals surface area contributed by atoms with Gasteiger partial charge in [0.1, 0.15) is 0 Å². The molecule has 0 aliphatic carbocycles. The maximum absolute atomic E-state index is 3.77. The van der Waals surface area contributed by atoms with Crippen molar-refractivity contribution in [1.82, 2.24) is 0 Å². The van der Waals surface area contributed by atoms with Gasteiger partial charge in [0.2, 0.25) is 0 Å². The van der Waals surface area contributed by atoms with E-state index in [4.69, 9.17) is 0 Å². The van der Waals surface area contributed by atoms with E-state index in [1.165, 1.54) is 18.4 Å². The van der Waals surface area contributed by atoms with E-state index < -0.39 is 0 Å². The number of hydrogen-bond donors (Lipinski definition) is 0. The highest BCUT2D eigenvalue weighted by atomic mass is 14.0. The quantitative estimate of drug-likeness (QED) is 0.523. The second-order valence-corrected chi connectivity index (χ2v) is 3.21. The SMILES string of the molecule is C=CC(C)CC/C(C)=C/CC. The molecule has 0 radical (unpaired) electrons. The average Bonchev–Trinajstić information content (AvgIpc) is 2.01. The summed E-state index contributed by atoms with van der Waals surface area (Å²) >= 11 is 0. The predicted molar refractivity (Wildman–Crippen MR) is 52.6 cm³/mol. The normalized spacial score (nSPS) is 14.6. The minimum absolute atomic E-state index is 0.662. The van der Waals surface area contributed by atoms with Crippen molar-refractivity contribution in [3.05, 3.63) is 24.3 Å². The van der Waals surface area contributed by atoms with Crippen LogP contribution in [0.2, 0.25) is 0 Å². The predicted octanol–water partition coefficient (Wildman–Crippen LogP) is 3.95. The van der Waals surface area contributed by atoms with E-state index >= 15 is 0 Å². The van der Waals surface area contributed by atoms with Gasteiger partial charge in [0.25, 0.3) is 0 Å². The summed E-state index contributed by atoms with van der Waals surface area (Å²) in [4.78, 5) is 0. The van der Waals surface area contributed by atoms with Crippen LogP contribution in [0, 0.1) is 5.92 Å². The van der Waals surface area contributed by atoms with Crippen molar-refractivity contribution < 1.29 is 0 Å². The Morgan fingerprint density at radius 2 is 2.18 bits per heavy atom. The van der Waals surface area contributed by atoms with Gasteiger partial charge in [0.15, 0.2) is 0 Å². The zero-order valence-electron chi connectivity index (χ0n) is 8.06. The minimum atomic E-state index is 0.662. The third-order valence-corrected chi connectivity index (χ3v) is 1.95. The summed E-state index contributed by atoms with van der Waals surface area (Å²) in [7, 11) is 0. The van der Waals surface area contributed by atoms with Gasteiger partial charge < -0.3 is 0 Å². The first-order valence-corrected chi connectivity index (χ1v) is 4.48. The lowest BCUT2D eigenvalue weighted by atomic mass is 10.0. The Morgan fingerprint density at radius 1 is 1.55 bits per heavy atom. The third kappa shape index (κ3) is 5.90. The molecule has 0 bridgehead atoms. The maximum atomic E-state index is 3.77. The fraction of sp³-hybridized carbons (Fsp3) is 0.636. The Kier molecular flexibility index (Phi) is 5.91. The van der Waals surface area contributed by atoms with E-state index in [1.54, 1.807) is 0 Å². The molecule has 0 aromatic rings. The molecule has 1 atom stereocenters. The first-order chi connectivity index (χ1) is 5.20. The summed E-state index contributed by atoms with van der Waals surface area (Å²) in [5.41, 5.74) is 1.52.